The number of rotatable bonds is 0. The average Bonchev–Trinajstić information content (AvgIpc) is 2.42. The second-order valence-corrected chi connectivity index (χ2v) is 5.77. The normalized spacial score (nSPS) is 8.00. The quantitative estimate of drug-likeness (QED) is 0.462. The van der Waals surface area contributed by atoms with E-state index >= 15 is 0 Å². The molecule has 2 aromatic rings. The van der Waals surface area contributed by atoms with Crippen molar-refractivity contribution in [2.45, 2.75) is 41.5 Å². The standard InChI is InChI=1S/2C6H6.2C4H10.Sn/c2*1-2-4-6-5-3-1;2*1-4(2)3;/h2*1-6H;2*4H,1-3H3;. The molecule has 0 aliphatic rings. The van der Waals surface area contributed by atoms with E-state index in [4.69, 9.17) is 0 Å². The zero-order chi connectivity index (χ0) is 15.6. The summed E-state index contributed by atoms with van der Waals surface area (Å²) < 4.78 is 0. The number of hydrogen-bond acceptors (Lipinski definition) is 0. The first-order valence-corrected chi connectivity index (χ1v) is 7.46. The molecule has 0 aromatic heterocycles. The smallest absolute Gasteiger partial charge is 0 e. The van der Waals surface area contributed by atoms with Crippen LogP contribution in [0.2, 0.25) is 0 Å². The van der Waals surface area contributed by atoms with Gasteiger partial charge in [-0.15, -0.1) is 0 Å². The van der Waals surface area contributed by atoms with Gasteiger partial charge in [0, 0.05) is 23.9 Å². The van der Waals surface area contributed by atoms with Crippen LogP contribution >= 0.6 is 0 Å². The van der Waals surface area contributed by atoms with Crippen molar-refractivity contribution >= 4 is 23.9 Å². The summed E-state index contributed by atoms with van der Waals surface area (Å²) in [6.45, 7) is 13.0. The summed E-state index contributed by atoms with van der Waals surface area (Å²) in [4.78, 5) is 0. The summed E-state index contributed by atoms with van der Waals surface area (Å²) in [7, 11) is 0. The minimum atomic E-state index is 0. The fourth-order valence-corrected chi connectivity index (χ4v) is 0.770. The summed E-state index contributed by atoms with van der Waals surface area (Å²) >= 11 is 0. The average molecular weight is 391 g/mol. The third kappa shape index (κ3) is 45.3. The maximum absolute atomic E-state index is 2.17. The molecule has 0 amide bonds. The van der Waals surface area contributed by atoms with Crippen LogP contribution < -0.4 is 0 Å². The van der Waals surface area contributed by atoms with E-state index in [-0.39, 0.29) is 23.9 Å². The van der Waals surface area contributed by atoms with Crippen LogP contribution in [0.15, 0.2) is 72.8 Å². The van der Waals surface area contributed by atoms with Crippen LogP contribution in [0.3, 0.4) is 0 Å². The molecule has 0 atom stereocenters. The predicted molar refractivity (Wildman–Crippen MR) is 99.7 cm³/mol. The van der Waals surface area contributed by atoms with E-state index in [1.807, 2.05) is 72.8 Å². The minimum Gasteiger partial charge on any atom is -0.0630 e. The Kier molecular flexibility index (Phi) is 25.8. The third-order valence-electron chi connectivity index (χ3n) is 1.33. The Labute approximate surface area is 150 Å². The molecule has 0 nitrogen and oxygen atoms in total. The Morgan fingerprint density at radius 2 is 0.381 bits per heavy atom. The summed E-state index contributed by atoms with van der Waals surface area (Å²) in [6, 6.07) is 24.0. The molecule has 0 aliphatic heterocycles. The predicted octanol–water partition coefficient (Wildman–Crippen LogP) is 6.32. The Hall–Kier alpha value is -0.761. The zero-order valence-electron chi connectivity index (χ0n) is 14.6. The van der Waals surface area contributed by atoms with E-state index in [9.17, 15) is 0 Å². The Morgan fingerprint density at radius 1 is 0.333 bits per heavy atom. The Bertz CT molecular complexity index is 244. The van der Waals surface area contributed by atoms with Gasteiger partial charge in [0.05, 0.1) is 0 Å². The van der Waals surface area contributed by atoms with Crippen molar-refractivity contribution in [1.82, 2.24) is 0 Å². The zero-order valence-corrected chi connectivity index (χ0v) is 17.4. The van der Waals surface area contributed by atoms with Gasteiger partial charge in [0.1, 0.15) is 0 Å². The number of benzene rings is 2. The van der Waals surface area contributed by atoms with Crippen LogP contribution in [0.25, 0.3) is 0 Å². The Balaban J connectivity index is -0.000000208. The molecule has 0 saturated carbocycles. The summed E-state index contributed by atoms with van der Waals surface area (Å²) in [5.74, 6) is 1.67. The van der Waals surface area contributed by atoms with Gasteiger partial charge in [0.2, 0.25) is 0 Å². The molecule has 21 heavy (non-hydrogen) atoms. The molecule has 0 N–H and O–H groups in total. The van der Waals surface area contributed by atoms with Gasteiger partial charge in [-0.1, -0.05) is 114 Å². The molecule has 0 aliphatic carbocycles. The van der Waals surface area contributed by atoms with Crippen molar-refractivity contribution < 1.29 is 0 Å². The third-order valence-corrected chi connectivity index (χ3v) is 1.33. The first-order valence-electron chi connectivity index (χ1n) is 7.46. The van der Waals surface area contributed by atoms with Gasteiger partial charge in [-0.25, -0.2) is 0 Å². The van der Waals surface area contributed by atoms with E-state index in [2.05, 4.69) is 41.5 Å². The molecular formula is C20H32Sn. The van der Waals surface area contributed by atoms with Crippen molar-refractivity contribution in [2.75, 3.05) is 0 Å². The van der Waals surface area contributed by atoms with Gasteiger partial charge in [-0.05, 0) is 11.8 Å². The summed E-state index contributed by atoms with van der Waals surface area (Å²) in [6.07, 6.45) is 0. The molecule has 2 aromatic carbocycles. The number of hydrogen-bond donors (Lipinski definition) is 0. The van der Waals surface area contributed by atoms with Crippen LogP contribution in [0.4, 0.5) is 0 Å². The van der Waals surface area contributed by atoms with E-state index in [1.165, 1.54) is 0 Å². The van der Waals surface area contributed by atoms with Crippen molar-refractivity contribution in [3.05, 3.63) is 72.8 Å². The van der Waals surface area contributed by atoms with Crippen LogP contribution in [0.1, 0.15) is 41.5 Å². The van der Waals surface area contributed by atoms with E-state index < -0.39 is 0 Å². The maximum atomic E-state index is 2.17. The second kappa shape index (κ2) is 21.5. The summed E-state index contributed by atoms with van der Waals surface area (Å²) in [5, 5.41) is 0. The molecule has 2 rings (SSSR count). The van der Waals surface area contributed by atoms with Crippen molar-refractivity contribution in [2.24, 2.45) is 11.8 Å². The maximum Gasteiger partial charge on any atom is 0 e. The van der Waals surface area contributed by atoms with Gasteiger partial charge in [-0.3, -0.25) is 0 Å². The molecule has 1 heteroatoms. The molecule has 0 bridgehead atoms. The van der Waals surface area contributed by atoms with Crippen LogP contribution in [-0.2, 0) is 0 Å². The van der Waals surface area contributed by atoms with Gasteiger partial charge >= 0.3 is 0 Å². The SMILES string of the molecule is CC(C)C.CC(C)C.[Sn].c1ccccc1.c1ccccc1. The molecule has 0 heterocycles. The van der Waals surface area contributed by atoms with Crippen molar-refractivity contribution in [1.29, 1.82) is 0 Å². The molecule has 0 fully saturated rings. The summed E-state index contributed by atoms with van der Waals surface area (Å²) in [5.41, 5.74) is 0. The van der Waals surface area contributed by atoms with Gasteiger partial charge in [-0.2, -0.15) is 0 Å². The fraction of sp³-hybridized carbons (Fsp3) is 0.400. The van der Waals surface area contributed by atoms with Crippen molar-refractivity contribution in [3.63, 3.8) is 0 Å². The van der Waals surface area contributed by atoms with Crippen LogP contribution in [0, 0.1) is 11.8 Å². The molecule has 4 radical (unpaired) electrons. The van der Waals surface area contributed by atoms with E-state index in [1.54, 1.807) is 0 Å². The van der Waals surface area contributed by atoms with Crippen molar-refractivity contribution in [3.8, 4) is 0 Å². The molecule has 116 valence electrons. The largest absolute Gasteiger partial charge is 0.0630 e. The van der Waals surface area contributed by atoms with Crippen LogP contribution in [-0.4, -0.2) is 23.9 Å². The topological polar surface area (TPSA) is 0 Å². The second-order valence-electron chi connectivity index (χ2n) is 5.77. The van der Waals surface area contributed by atoms with E-state index in [0.29, 0.717) is 0 Å². The molecule has 0 unspecified atom stereocenters. The van der Waals surface area contributed by atoms with Gasteiger partial charge < -0.3 is 0 Å². The molecule has 0 saturated heterocycles. The molecule has 0 spiro atoms. The minimum absolute atomic E-state index is 0. The molecular weight excluding hydrogens is 359 g/mol. The van der Waals surface area contributed by atoms with Crippen LogP contribution in [0.5, 0.6) is 0 Å². The monoisotopic (exact) mass is 392 g/mol. The van der Waals surface area contributed by atoms with Gasteiger partial charge in [0.15, 0.2) is 0 Å². The first-order chi connectivity index (χ1) is 9.46. The van der Waals surface area contributed by atoms with E-state index in [0.717, 1.165) is 11.8 Å². The fourth-order valence-electron chi connectivity index (χ4n) is 0.770. The Morgan fingerprint density at radius 3 is 0.429 bits per heavy atom. The van der Waals surface area contributed by atoms with Gasteiger partial charge in [0.25, 0.3) is 0 Å². The first kappa shape index (κ1) is 25.2.